The molecule has 0 atom stereocenters. The largest absolute Gasteiger partial charge is 0.496 e. The number of ether oxygens (including phenoxy) is 1. The number of methoxy groups -OCH3 is 1. The fraction of sp³-hybridized carbons (Fsp3) is 0.111. The summed E-state index contributed by atoms with van der Waals surface area (Å²) in [5.74, 6) is 0.165. The van der Waals surface area contributed by atoms with Crippen LogP contribution in [0.3, 0.4) is 0 Å². The van der Waals surface area contributed by atoms with Crippen molar-refractivity contribution in [2.75, 3.05) is 23.9 Å². The molecule has 1 N–H and O–H groups in total. The number of carbonyl (C=O) groups excluding carboxylic acids is 2. The fourth-order valence-corrected chi connectivity index (χ4v) is 4.19. The van der Waals surface area contributed by atoms with Gasteiger partial charge in [0, 0.05) is 36.1 Å². The molecule has 0 aliphatic carbocycles. The number of benzene rings is 3. The Morgan fingerprint density at radius 3 is 2.36 bits per heavy atom. The van der Waals surface area contributed by atoms with E-state index in [1.807, 2.05) is 47.5 Å². The molecular weight excluding hydrogens is 414 g/mol. The van der Waals surface area contributed by atoms with Crippen molar-refractivity contribution < 1.29 is 14.3 Å². The summed E-state index contributed by atoms with van der Waals surface area (Å²) in [6.45, 7) is 0.589. The van der Waals surface area contributed by atoms with Crippen LogP contribution in [0.15, 0.2) is 91.1 Å². The molecule has 0 radical (unpaired) electrons. The number of nitrogens with zero attached hydrogens (tertiary/aromatic N) is 2. The summed E-state index contributed by atoms with van der Waals surface area (Å²) in [5.41, 5.74) is 4.66. The summed E-state index contributed by atoms with van der Waals surface area (Å²) in [6, 6.07) is 26.1. The Labute approximate surface area is 192 Å². The zero-order valence-electron chi connectivity index (χ0n) is 18.2. The SMILES string of the molecule is COc1ccccc1C(=O)Nc1ccc(C(=O)N2CCc3cccn3-c3ccccc32)cc1. The molecule has 0 bridgehead atoms. The fourth-order valence-electron chi connectivity index (χ4n) is 4.19. The van der Waals surface area contributed by atoms with Crippen molar-refractivity contribution in [1.82, 2.24) is 4.57 Å². The lowest BCUT2D eigenvalue weighted by atomic mass is 10.1. The highest BCUT2D eigenvalue weighted by molar-refractivity contribution is 6.08. The first-order valence-corrected chi connectivity index (χ1v) is 10.8. The third kappa shape index (κ3) is 3.87. The first kappa shape index (κ1) is 20.6. The highest BCUT2D eigenvalue weighted by atomic mass is 16.5. The number of aromatic nitrogens is 1. The quantitative estimate of drug-likeness (QED) is 0.492. The molecule has 0 unspecified atom stereocenters. The van der Waals surface area contributed by atoms with E-state index in [1.54, 1.807) is 42.5 Å². The van der Waals surface area contributed by atoms with Crippen molar-refractivity contribution in [2.45, 2.75) is 6.42 Å². The average Bonchev–Trinajstić information content (AvgIpc) is 3.27. The van der Waals surface area contributed by atoms with Crippen molar-refractivity contribution in [3.63, 3.8) is 0 Å². The van der Waals surface area contributed by atoms with Gasteiger partial charge in [-0.05, 0) is 60.7 Å². The van der Waals surface area contributed by atoms with Crippen LogP contribution in [0.4, 0.5) is 11.4 Å². The van der Waals surface area contributed by atoms with Crippen LogP contribution in [-0.2, 0) is 6.42 Å². The van der Waals surface area contributed by atoms with Gasteiger partial charge in [-0.3, -0.25) is 9.59 Å². The van der Waals surface area contributed by atoms with Crippen LogP contribution in [0, 0.1) is 0 Å². The molecule has 6 heteroatoms. The van der Waals surface area contributed by atoms with Gasteiger partial charge in [0.05, 0.1) is 24.0 Å². The Balaban J connectivity index is 1.37. The van der Waals surface area contributed by atoms with Gasteiger partial charge in [0.2, 0.25) is 0 Å². The second kappa shape index (κ2) is 8.67. The molecule has 0 fully saturated rings. The van der Waals surface area contributed by atoms with E-state index < -0.39 is 0 Å². The first-order chi connectivity index (χ1) is 16.2. The van der Waals surface area contributed by atoms with Gasteiger partial charge in [-0.25, -0.2) is 0 Å². The van der Waals surface area contributed by atoms with Crippen LogP contribution in [0.2, 0.25) is 0 Å². The van der Waals surface area contributed by atoms with Crippen molar-refractivity contribution in [1.29, 1.82) is 0 Å². The van der Waals surface area contributed by atoms with Crippen molar-refractivity contribution in [2.24, 2.45) is 0 Å². The second-order valence-electron chi connectivity index (χ2n) is 7.80. The third-order valence-corrected chi connectivity index (χ3v) is 5.84. The summed E-state index contributed by atoms with van der Waals surface area (Å²) < 4.78 is 7.40. The van der Waals surface area contributed by atoms with Crippen molar-refractivity contribution in [3.8, 4) is 11.4 Å². The monoisotopic (exact) mass is 437 g/mol. The van der Waals surface area contributed by atoms with Gasteiger partial charge in [0.25, 0.3) is 11.8 Å². The van der Waals surface area contributed by atoms with E-state index in [9.17, 15) is 9.59 Å². The number of fused-ring (bicyclic) bond motifs is 3. The standard InChI is InChI=1S/C27H23N3O3/c1-33-25-11-5-2-8-22(25)26(31)28-20-14-12-19(13-15-20)27(32)30-18-16-21-7-6-17-29(21)23-9-3-4-10-24(23)30/h2-15,17H,16,18H2,1H3,(H,28,31). The van der Waals surface area contributed by atoms with E-state index in [-0.39, 0.29) is 11.8 Å². The average molecular weight is 437 g/mol. The number of hydrogen-bond donors (Lipinski definition) is 1. The van der Waals surface area contributed by atoms with E-state index in [4.69, 9.17) is 4.74 Å². The van der Waals surface area contributed by atoms with Crippen molar-refractivity contribution in [3.05, 3.63) is 108 Å². The summed E-state index contributed by atoms with van der Waals surface area (Å²) in [4.78, 5) is 27.9. The first-order valence-electron chi connectivity index (χ1n) is 10.8. The highest BCUT2D eigenvalue weighted by Crippen LogP contribution is 2.30. The molecule has 5 rings (SSSR count). The van der Waals surface area contributed by atoms with E-state index in [0.717, 1.165) is 17.8 Å². The van der Waals surface area contributed by atoms with E-state index in [0.29, 0.717) is 29.1 Å². The van der Waals surface area contributed by atoms with Gasteiger partial charge in [-0.1, -0.05) is 24.3 Å². The number of para-hydroxylation sites is 3. The van der Waals surface area contributed by atoms with Gasteiger partial charge in [-0.2, -0.15) is 0 Å². The summed E-state index contributed by atoms with van der Waals surface area (Å²) in [7, 11) is 1.53. The second-order valence-corrected chi connectivity index (χ2v) is 7.80. The molecule has 164 valence electrons. The predicted molar refractivity (Wildman–Crippen MR) is 129 cm³/mol. The summed E-state index contributed by atoms with van der Waals surface area (Å²) >= 11 is 0. The smallest absolute Gasteiger partial charge is 0.259 e. The lowest BCUT2D eigenvalue weighted by Gasteiger charge is -2.23. The van der Waals surface area contributed by atoms with Gasteiger partial charge in [0.15, 0.2) is 0 Å². The van der Waals surface area contributed by atoms with Crippen LogP contribution < -0.4 is 15.0 Å². The van der Waals surface area contributed by atoms with Gasteiger partial charge in [0.1, 0.15) is 5.75 Å². The molecular formula is C27H23N3O3. The third-order valence-electron chi connectivity index (χ3n) is 5.84. The normalized spacial score (nSPS) is 12.3. The molecule has 33 heavy (non-hydrogen) atoms. The Morgan fingerprint density at radius 1 is 0.848 bits per heavy atom. The molecule has 0 spiro atoms. The number of hydrogen-bond acceptors (Lipinski definition) is 3. The zero-order chi connectivity index (χ0) is 22.8. The number of rotatable bonds is 4. The Morgan fingerprint density at radius 2 is 1.58 bits per heavy atom. The minimum atomic E-state index is -0.269. The molecule has 4 aromatic rings. The van der Waals surface area contributed by atoms with Gasteiger partial charge < -0.3 is 19.5 Å². The molecule has 0 saturated heterocycles. The van der Waals surface area contributed by atoms with Crippen LogP contribution in [0.25, 0.3) is 5.69 Å². The van der Waals surface area contributed by atoms with Crippen LogP contribution in [0.5, 0.6) is 5.75 Å². The maximum absolute atomic E-state index is 13.4. The molecule has 0 saturated carbocycles. The molecule has 2 heterocycles. The number of amides is 2. The Bertz CT molecular complexity index is 1320. The number of nitrogens with one attached hydrogen (secondary N) is 1. The van der Waals surface area contributed by atoms with E-state index in [2.05, 4.69) is 16.0 Å². The van der Waals surface area contributed by atoms with Crippen LogP contribution in [0.1, 0.15) is 26.4 Å². The van der Waals surface area contributed by atoms with E-state index >= 15 is 0 Å². The molecule has 1 aliphatic rings. The molecule has 1 aromatic heterocycles. The van der Waals surface area contributed by atoms with Gasteiger partial charge in [-0.15, -0.1) is 0 Å². The van der Waals surface area contributed by atoms with Crippen LogP contribution >= 0.6 is 0 Å². The zero-order valence-corrected chi connectivity index (χ0v) is 18.2. The number of anilines is 2. The maximum Gasteiger partial charge on any atom is 0.259 e. The van der Waals surface area contributed by atoms with Crippen molar-refractivity contribution >= 4 is 23.2 Å². The lowest BCUT2D eigenvalue weighted by molar-refractivity contribution is 0.0986. The molecule has 2 amide bonds. The minimum Gasteiger partial charge on any atom is -0.496 e. The summed E-state index contributed by atoms with van der Waals surface area (Å²) in [6.07, 6.45) is 2.79. The topological polar surface area (TPSA) is 63.6 Å². The minimum absolute atomic E-state index is 0.0733. The molecule has 3 aromatic carbocycles. The Hall–Kier alpha value is -4.32. The van der Waals surface area contributed by atoms with Crippen LogP contribution in [-0.4, -0.2) is 30.0 Å². The predicted octanol–water partition coefficient (Wildman–Crippen LogP) is 4.94. The Kier molecular flexibility index (Phi) is 5.40. The molecule has 1 aliphatic heterocycles. The van der Waals surface area contributed by atoms with E-state index in [1.165, 1.54) is 12.8 Å². The highest BCUT2D eigenvalue weighted by Gasteiger charge is 2.24. The van der Waals surface area contributed by atoms with Gasteiger partial charge >= 0.3 is 0 Å². The number of carbonyl (C=O) groups is 2. The summed E-state index contributed by atoms with van der Waals surface area (Å²) in [5, 5.41) is 2.87. The maximum atomic E-state index is 13.4. The lowest BCUT2D eigenvalue weighted by Crippen LogP contribution is -2.32. The molecule has 6 nitrogen and oxygen atoms in total.